The van der Waals surface area contributed by atoms with E-state index in [4.69, 9.17) is 10.8 Å². The van der Waals surface area contributed by atoms with E-state index in [1.807, 2.05) is 6.92 Å². The van der Waals surface area contributed by atoms with Crippen LogP contribution in [0.25, 0.3) is 0 Å². The van der Waals surface area contributed by atoms with Crippen LogP contribution in [0.2, 0.25) is 0 Å². The van der Waals surface area contributed by atoms with Crippen molar-refractivity contribution >= 4 is 11.9 Å². The second kappa shape index (κ2) is 5.90. The predicted molar refractivity (Wildman–Crippen MR) is 73.5 cm³/mol. The van der Waals surface area contributed by atoms with Crippen LogP contribution < -0.4 is 5.73 Å². The van der Waals surface area contributed by atoms with Gasteiger partial charge in [-0.1, -0.05) is 20.8 Å². The van der Waals surface area contributed by atoms with Gasteiger partial charge in [0.25, 0.3) is 0 Å². The Morgan fingerprint density at radius 3 is 2.42 bits per heavy atom. The Morgan fingerprint density at radius 1 is 1.37 bits per heavy atom. The van der Waals surface area contributed by atoms with E-state index in [2.05, 4.69) is 20.8 Å². The molecule has 3 unspecified atom stereocenters. The summed E-state index contributed by atoms with van der Waals surface area (Å²) in [6.45, 7) is 8.23. The van der Waals surface area contributed by atoms with Crippen LogP contribution in [0.5, 0.6) is 0 Å². The third-order valence-electron chi connectivity index (χ3n) is 4.82. The minimum absolute atomic E-state index is 0.0475. The van der Waals surface area contributed by atoms with Gasteiger partial charge in [-0.15, -0.1) is 0 Å². The van der Waals surface area contributed by atoms with E-state index in [1.165, 1.54) is 4.90 Å². The van der Waals surface area contributed by atoms with Crippen LogP contribution in [-0.2, 0) is 9.59 Å². The number of nitrogens with two attached hydrogens (primary N) is 1. The van der Waals surface area contributed by atoms with E-state index in [0.29, 0.717) is 6.54 Å². The topological polar surface area (TPSA) is 83.6 Å². The smallest absolute Gasteiger partial charge is 0.323 e. The number of rotatable bonds is 4. The number of carboxylic acid groups (broad SMARTS) is 1. The lowest BCUT2D eigenvalue weighted by Gasteiger charge is -2.47. The van der Waals surface area contributed by atoms with Crippen LogP contribution in [-0.4, -0.2) is 41.0 Å². The lowest BCUT2D eigenvalue weighted by Crippen LogP contribution is -2.53. The molecule has 1 fully saturated rings. The molecule has 0 aromatic carbocycles. The fourth-order valence-corrected chi connectivity index (χ4v) is 3.02. The number of likely N-dealkylation sites (N-methyl/N-ethyl adjacent to an activating group) is 1. The molecular formula is C14H26N2O3. The average molecular weight is 270 g/mol. The number of aliphatic carboxylic acids is 1. The zero-order valence-electron chi connectivity index (χ0n) is 12.3. The van der Waals surface area contributed by atoms with Gasteiger partial charge in [-0.2, -0.15) is 0 Å². The van der Waals surface area contributed by atoms with Gasteiger partial charge in [-0.3, -0.25) is 9.59 Å². The van der Waals surface area contributed by atoms with Crippen LogP contribution in [0.3, 0.4) is 0 Å². The Hall–Kier alpha value is -1.10. The summed E-state index contributed by atoms with van der Waals surface area (Å²) in [4.78, 5) is 24.8. The molecule has 3 atom stereocenters. The minimum Gasteiger partial charge on any atom is -0.480 e. The average Bonchev–Trinajstić information content (AvgIpc) is 2.32. The van der Waals surface area contributed by atoms with Gasteiger partial charge in [-0.25, -0.2) is 0 Å². The van der Waals surface area contributed by atoms with Crippen molar-refractivity contribution in [3.8, 4) is 0 Å². The number of amides is 1. The zero-order valence-corrected chi connectivity index (χ0v) is 12.3. The molecule has 0 bridgehead atoms. The second-order valence-electron chi connectivity index (χ2n) is 6.15. The highest BCUT2D eigenvalue weighted by molar-refractivity contribution is 5.83. The first kappa shape index (κ1) is 16.0. The number of hydrogen-bond acceptors (Lipinski definition) is 3. The quantitative estimate of drug-likeness (QED) is 0.807. The molecule has 0 radical (unpaired) electrons. The maximum Gasteiger partial charge on any atom is 0.323 e. The van der Waals surface area contributed by atoms with E-state index < -0.39 is 5.97 Å². The SMILES string of the molecule is CCN(CC(=O)O)C(=O)C1CCC(N)C(C)C1(C)C. The van der Waals surface area contributed by atoms with Gasteiger partial charge in [0, 0.05) is 18.5 Å². The molecule has 5 nitrogen and oxygen atoms in total. The summed E-state index contributed by atoms with van der Waals surface area (Å²) in [5, 5.41) is 8.87. The fourth-order valence-electron chi connectivity index (χ4n) is 3.02. The van der Waals surface area contributed by atoms with Gasteiger partial charge in [-0.05, 0) is 31.1 Å². The molecule has 1 amide bonds. The molecule has 0 heterocycles. The van der Waals surface area contributed by atoms with Crippen molar-refractivity contribution in [2.45, 2.75) is 46.6 Å². The maximum atomic E-state index is 12.6. The molecule has 1 saturated carbocycles. The fraction of sp³-hybridized carbons (Fsp3) is 0.857. The zero-order chi connectivity index (χ0) is 14.8. The number of carbonyl (C=O) groups excluding carboxylic acids is 1. The van der Waals surface area contributed by atoms with Crippen molar-refractivity contribution in [2.75, 3.05) is 13.1 Å². The molecule has 1 rings (SSSR count). The summed E-state index contributed by atoms with van der Waals surface area (Å²) >= 11 is 0. The normalized spacial score (nSPS) is 29.8. The molecule has 0 aromatic heterocycles. The lowest BCUT2D eigenvalue weighted by molar-refractivity contribution is -0.150. The molecule has 0 aliphatic heterocycles. The molecule has 1 aliphatic carbocycles. The molecule has 19 heavy (non-hydrogen) atoms. The van der Waals surface area contributed by atoms with Crippen LogP contribution in [0.15, 0.2) is 0 Å². The summed E-state index contributed by atoms with van der Waals surface area (Å²) < 4.78 is 0. The van der Waals surface area contributed by atoms with Crippen LogP contribution in [0.4, 0.5) is 0 Å². The molecule has 0 aromatic rings. The molecule has 3 N–H and O–H groups in total. The van der Waals surface area contributed by atoms with Crippen molar-refractivity contribution in [1.82, 2.24) is 4.90 Å². The monoisotopic (exact) mass is 270 g/mol. The first-order chi connectivity index (χ1) is 8.71. The third-order valence-corrected chi connectivity index (χ3v) is 4.82. The number of carboxylic acids is 1. The number of hydrogen-bond donors (Lipinski definition) is 2. The van der Waals surface area contributed by atoms with Crippen molar-refractivity contribution in [2.24, 2.45) is 23.0 Å². The predicted octanol–water partition coefficient (Wildman–Crippen LogP) is 1.32. The summed E-state index contributed by atoms with van der Waals surface area (Å²) in [6, 6.07) is 0.119. The Labute approximate surface area is 115 Å². The maximum absolute atomic E-state index is 12.6. The molecule has 0 spiro atoms. The first-order valence-electron chi connectivity index (χ1n) is 6.98. The van der Waals surface area contributed by atoms with Gasteiger partial charge < -0.3 is 15.7 Å². The van der Waals surface area contributed by atoms with E-state index >= 15 is 0 Å². The van der Waals surface area contributed by atoms with Crippen LogP contribution >= 0.6 is 0 Å². The Morgan fingerprint density at radius 2 is 1.95 bits per heavy atom. The summed E-state index contributed by atoms with van der Waals surface area (Å²) in [6.07, 6.45) is 1.57. The minimum atomic E-state index is -0.964. The van der Waals surface area contributed by atoms with Crippen molar-refractivity contribution in [1.29, 1.82) is 0 Å². The van der Waals surface area contributed by atoms with Crippen molar-refractivity contribution < 1.29 is 14.7 Å². The van der Waals surface area contributed by atoms with E-state index in [-0.39, 0.29) is 35.7 Å². The molecule has 5 heteroatoms. The summed E-state index contributed by atoms with van der Waals surface area (Å²) in [5.74, 6) is -0.900. The highest BCUT2D eigenvalue weighted by atomic mass is 16.4. The van der Waals surface area contributed by atoms with Crippen LogP contribution in [0.1, 0.15) is 40.5 Å². The number of nitrogens with zero attached hydrogens (tertiary/aromatic N) is 1. The lowest BCUT2D eigenvalue weighted by atomic mass is 9.60. The highest BCUT2D eigenvalue weighted by Gasteiger charge is 2.46. The van der Waals surface area contributed by atoms with Gasteiger partial charge in [0.2, 0.25) is 5.91 Å². The van der Waals surface area contributed by atoms with E-state index in [0.717, 1.165) is 12.8 Å². The van der Waals surface area contributed by atoms with E-state index in [9.17, 15) is 9.59 Å². The van der Waals surface area contributed by atoms with Crippen molar-refractivity contribution in [3.05, 3.63) is 0 Å². The molecule has 1 aliphatic rings. The molecular weight excluding hydrogens is 244 g/mol. The molecule has 0 saturated heterocycles. The van der Waals surface area contributed by atoms with Gasteiger partial charge in [0.15, 0.2) is 0 Å². The van der Waals surface area contributed by atoms with Gasteiger partial charge in [0.1, 0.15) is 6.54 Å². The van der Waals surface area contributed by atoms with Gasteiger partial charge in [0.05, 0.1) is 0 Å². The van der Waals surface area contributed by atoms with E-state index in [1.54, 1.807) is 0 Å². The Balaban J connectivity index is 2.88. The standard InChI is InChI=1S/C14H26N2O3/c1-5-16(8-12(17)18)13(19)10-6-7-11(15)9(2)14(10,3)4/h9-11H,5-8,15H2,1-4H3,(H,17,18). The molecule has 110 valence electrons. The third kappa shape index (κ3) is 3.26. The second-order valence-corrected chi connectivity index (χ2v) is 6.15. The summed E-state index contributed by atoms with van der Waals surface area (Å²) in [7, 11) is 0. The van der Waals surface area contributed by atoms with Gasteiger partial charge >= 0.3 is 5.97 Å². The largest absolute Gasteiger partial charge is 0.480 e. The summed E-state index contributed by atoms with van der Waals surface area (Å²) in [5.41, 5.74) is 5.89. The van der Waals surface area contributed by atoms with Crippen molar-refractivity contribution in [3.63, 3.8) is 0 Å². The highest BCUT2D eigenvalue weighted by Crippen LogP contribution is 2.45. The number of carbonyl (C=O) groups is 2. The Kier molecular flexibility index (Phi) is 4.96. The Bertz CT molecular complexity index is 355. The van der Waals surface area contributed by atoms with Crippen LogP contribution in [0, 0.1) is 17.3 Å². The first-order valence-corrected chi connectivity index (χ1v) is 6.98.